The molecule has 28 heavy (non-hydrogen) atoms. The van der Waals surface area contributed by atoms with Crippen molar-refractivity contribution in [3.63, 3.8) is 0 Å². The summed E-state index contributed by atoms with van der Waals surface area (Å²) in [6, 6.07) is 0.722. The van der Waals surface area contributed by atoms with E-state index in [0.717, 1.165) is 37.5 Å². The zero-order chi connectivity index (χ0) is 20.5. The lowest BCUT2D eigenvalue weighted by molar-refractivity contribution is 0.00578. The monoisotopic (exact) mass is 390 g/mol. The number of likely N-dealkylation sites (tertiary alicyclic amines) is 1. The van der Waals surface area contributed by atoms with E-state index in [1.165, 1.54) is 6.42 Å². The molecule has 0 amide bonds. The van der Waals surface area contributed by atoms with Gasteiger partial charge in [0.2, 0.25) is 5.95 Å². The molecule has 0 spiro atoms. The molecule has 0 aromatic carbocycles. The zero-order valence-electron chi connectivity index (χ0n) is 18.2. The number of rotatable bonds is 7. The second-order valence-electron chi connectivity index (χ2n) is 9.21. The van der Waals surface area contributed by atoms with Crippen molar-refractivity contribution in [2.45, 2.75) is 77.7 Å². The first-order valence-corrected chi connectivity index (χ1v) is 10.4. The molecule has 2 aliphatic rings. The van der Waals surface area contributed by atoms with Crippen molar-refractivity contribution in [2.75, 3.05) is 31.1 Å². The molecule has 0 aliphatic carbocycles. The molecule has 1 aromatic rings. The van der Waals surface area contributed by atoms with Gasteiger partial charge in [-0.1, -0.05) is 0 Å². The van der Waals surface area contributed by atoms with Crippen molar-refractivity contribution in [1.82, 2.24) is 14.9 Å². The summed E-state index contributed by atoms with van der Waals surface area (Å²) in [4.78, 5) is 13.9. The first-order valence-electron chi connectivity index (χ1n) is 10.4. The normalized spacial score (nSPS) is 24.3. The largest absolute Gasteiger partial charge is 0.498 e. The van der Waals surface area contributed by atoms with E-state index < -0.39 is 7.12 Å². The Hall–Kier alpha value is -1.22. The Balaban J connectivity index is 1.71. The third-order valence-electron chi connectivity index (χ3n) is 6.36. The van der Waals surface area contributed by atoms with Gasteiger partial charge >= 0.3 is 7.12 Å². The highest BCUT2D eigenvalue weighted by Gasteiger charge is 2.52. The molecule has 2 saturated heterocycles. The van der Waals surface area contributed by atoms with Gasteiger partial charge in [-0.05, 0) is 60.9 Å². The molecule has 3 rings (SSSR count). The summed E-state index contributed by atoms with van der Waals surface area (Å²) in [5.74, 6) is 0.728. The summed E-state index contributed by atoms with van der Waals surface area (Å²) in [6.07, 6.45) is 5.97. The van der Waals surface area contributed by atoms with Crippen LogP contribution >= 0.6 is 0 Å². The van der Waals surface area contributed by atoms with Crippen LogP contribution < -0.4 is 10.4 Å². The second kappa shape index (κ2) is 8.26. The molecule has 156 valence electrons. The van der Waals surface area contributed by atoms with Gasteiger partial charge in [0.15, 0.2) is 0 Å². The molecular weight excluding hydrogens is 355 g/mol. The molecule has 7 nitrogen and oxygen atoms in total. The number of β-amino-alcohol motifs (C(OH)–C–C–N with tert-alkyl or cyclic N) is 1. The van der Waals surface area contributed by atoms with E-state index in [0.29, 0.717) is 12.1 Å². The van der Waals surface area contributed by atoms with Crippen LogP contribution in [0.15, 0.2) is 12.4 Å². The lowest BCUT2D eigenvalue weighted by Gasteiger charge is -2.33. The molecule has 8 heteroatoms. The van der Waals surface area contributed by atoms with Crippen LogP contribution in [-0.4, -0.2) is 76.6 Å². The lowest BCUT2D eigenvalue weighted by Crippen LogP contribution is -2.45. The summed E-state index contributed by atoms with van der Waals surface area (Å²) in [5.41, 5.74) is 0.0895. The van der Waals surface area contributed by atoms with E-state index in [-0.39, 0.29) is 17.8 Å². The van der Waals surface area contributed by atoms with Crippen molar-refractivity contribution in [3.8, 4) is 0 Å². The standard InChI is InChI=1S/C20H35BN4O3/c1-15(2)25(14-17-8-7-9-24(17)10-11-26)18-22-12-16(13-23-18)21-27-19(3,4)20(5,6)28-21/h12-13,15,17,26H,7-11,14H2,1-6H3. The fourth-order valence-electron chi connectivity index (χ4n) is 3.86. The number of aromatic nitrogens is 2. The summed E-state index contributed by atoms with van der Waals surface area (Å²) in [6.45, 7) is 15.4. The van der Waals surface area contributed by atoms with Gasteiger partial charge in [0.1, 0.15) is 0 Å². The highest BCUT2D eigenvalue weighted by atomic mass is 16.7. The molecular formula is C20H35BN4O3. The Morgan fingerprint density at radius 2 is 1.82 bits per heavy atom. The van der Waals surface area contributed by atoms with Crippen LogP contribution in [0, 0.1) is 0 Å². The predicted molar refractivity (Wildman–Crippen MR) is 112 cm³/mol. The number of anilines is 1. The molecule has 2 fully saturated rings. The van der Waals surface area contributed by atoms with E-state index in [9.17, 15) is 5.11 Å². The Morgan fingerprint density at radius 3 is 2.36 bits per heavy atom. The Morgan fingerprint density at radius 1 is 1.21 bits per heavy atom. The maximum atomic E-state index is 9.31. The summed E-state index contributed by atoms with van der Waals surface area (Å²) < 4.78 is 12.2. The van der Waals surface area contributed by atoms with Gasteiger partial charge in [-0.2, -0.15) is 0 Å². The molecule has 1 aromatic heterocycles. The van der Waals surface area contributed by atoms with Crippen molar-refractivity contribution in [1.29, 1.82) is 0 Å². The topological polar surface area (TPSA) is 71.0 Å². The first-order chi connectivity index (χ1) is 13.1. The van der Waals surface area contributed by atoms with Crippen LogP contribution in [0.4, 0.5) is 5.95 Å². The minimum absolute atomic E-state index is 0.206. The lowest BCUT2D eigenvalue weighted by atomic mass is 9.81. The molecule has 3 heterocycles. The molecule has 2 aliphatic heterocycles. The van der Waals surface area contributed by atoms with E-state index in [1.807, 2.05) is 40.1 Å². The zero-order valence-corrected chi connectivity index (χ0v) is 18.2. The number of hydrogen-bond donors (Lipinski definition) is 1. The summed E-state index contributed by atoms with van der Waals surface area (Å²) in [7, 11) is -0.443. The Kier molecular flexibility index (Phi) is 6.34. The van der Waals surface area contributed by atoms with Crippen LogP contribution in [0.3, 0.4) is 0 Å². The number of aliphatic hydroxyl groups is 1. The van der Waals surface area contributed by atoms with Crippen LogP contribution in [0.2, 0.25) is 0 Å². The number of hydrogen-bond acceptors (Lipinski definition) is 7. The molecule has 1 atom stereocenters. The van der Waals surface area contributed by atoms with E-state index in [2.05, 4.69) is 33.6 Å². The Bertz CT molecular complexity index is 637. The van der Waals surface area contributed by atoms with E-state index in [1.54, 1.807) is 0 Å². The molecule has 0 saturated carbocycles. The average Bonchev–Trinajstić information content (AvgIpc) is 3.14. The van der Waals surface area contributed by atoms with Crippen LogP contribution in [-0.2, 0) is 9.31 Å². The average molecular weight is 390 g/mol. The maximum absolute atomic E-state index is 9.31. The van der Waals surface area contributed by atoms with Crippen molar-refractivity contribution in [2.24, 2.45) is 0 Å². The van der Waals surface area contributed by atoms with Gasteiger partial charge in [-0.15, -0.1) is 0 Å². The second-order valence-corrected chi connectivity index (χ2v) is 9.21. The first kappa shape index (κ1) is 21.5. The van der Waals surface area contributed by atoms with Gasteiger partial charge in [-0.25, -0.2) is 9.97 Å². The van der Waals surface area contributed by atoms with Crippen molar-refractivity contribution < 1.29 is 14.4 Å². The minimum Gasteiger partial charge on any atom is -0.399 e. The highest BCUT2D eigenvalue weighted by molar-refractivity contribution is 6.61. The molecule has 0 bridgehead atoms. The summed E-state index contributed by atoms with van der Waals surface area (Å²) in [5, 5.41) is 9.31. The third-order valence-corrected chi connectivity index (χ3v) is 6.36. The van der Waals surface area contributed by atoms with Gasteiger partial charge in [0.25, 0.3) is 0 Å². The maximum Gasteiger partial charge on any atom is 0.498 e. The van der Waals surface area contributed by atoms with Gasteiger partial charge in [0, 0.05) is 43.0 Å². The highest BCUT2D eigenvalue weighted by Crippen LogP contribution is 2.36. The predicted octanol–water partition coefficient (Wildman–Crippen LogP) is 1.45. The quantitative estimate of drug-likeness (QED) is 0.707. The summed E-state index contributed by atoms with van der Waals surface area (Å²) >= 11 is 0. The van der Waals surface area contributed by atoms with Gasteiger partial charge < -0.3 is 19.3 Å². The fourth-order valence-corrected chi connectivity index (χ4v) is 3.86. The molecule has 1 N–H and O–H groups in total. The molecule has 0 radical (unpaired) electrons. The van der Waals surface area contributed by atoms with Gasteiger partial charge in [-0.3, -0.25) is 4.90 Å². The Labute approximate surface area is 169 Å². The van der Waals surface area contributed by atoms with Crippen molar-refractivity contribution >= 4 is 18.5 Å². The number of aliphatic hydroxyl groups excluding tert-OH is 1. The minimum atomic E-state index is -0.443. The third kappa shape index (κ3) is 4.35. The van der Waals surface area contributed by atoms with Crippen molar-refractivity contribution in [3.05, 3.63) is 12.4 Å². The fraction of sp³-hybridized carbons (Fsp3) is 0.800. The van der Waals surface area contributed by atoms with Gasteiger partial charge in [0.05, 0.1) is 17.8 Å². The number of nitrogens with zero attached hydrogens (tertiary/aromatic N) is 4. The van der Waals surface area contributed by atoms with Crippen LogP contribution in [0.25, 0.3) is 0 Å². The van der Waals surface area contributed by atoms with E-state index in [4.69, 9.17) is 9.31 Å². The molecule has 1 unspecified atom stereocenters. The smallest absolute Gasteiger partial charge is 0.399 e. The van der Waals surface area contributed by atoms with E-state index >= 15 is 0 Å². The van der Waals surface area contributed by atoms with Crippen LogP contribution in [0.5, 0.6) is 0 Å². The SMILES string of the molecule is CC(C)N(CC1CCCN1CCO)c1ncc(B2OC(C)(C)C(C)(C)O2)cn1. The van der Waals surface area contributed by atoms with Crippen LogP contribution in [0.1, 0.15) is 54.4 Å².